The third-order valence-electron chi connectivity index (χ3n) is 2.04. The third kappa shape index (κ3) is 4.88. The minimum atomic E-state index is -1.17. The number of carboxylic acid groups (broad SMARTS) is 1. The molecular formula is C11H9ClFLiN2O4. The van der Waals surface area contributed by atoms with Crippen molar-refractivity contribution in [2.45, 2.75) is 0 Å². The summed E-state index contributed by atoms with van der Waals surface area (Å²) in [6, 6.07) is 5.14. The van der Waals surface area contributed by atoms with Gasteiger partial charge in [0.1, 0.15) is 12.1 Å². The van der Waals surface area contributed by atoms with Crippen LogP contribution in [0.25, 0.3) is 11.3 Å². The van der Waals surface area contributed by atoms with Crippen LogP contribution in [-0.4, -0.2) is 32.0 Å². The number of halogens is 2. The van der Waals surface area contributed by atoms with Gasteiger partial charge in [-0.2, -0.15) is 0 Å². The zero-order chi connectivity index (χ0) is 12.4. The molecule has 0 aliphatic carbocycles. The molecule has 0 bridgehead atoms. The summed E-state index contributed by atoms with van der Waals surface area (Å²) >= 11 is 5.70. The Hall–Kier alpha value is -1.49. The van der Waals surface area contributed by atoms with Crippen LogP contribution < -0.4 is 18.9 Å². The molecule has 1 aromatic heterocycles. The standard InChI is InChI=1S/C11H6ClFN2O2.Li.2H2O/c12-7-1-6(2-8(13)3-7)9-4-10(11(16)17)15-5-14-9;;;/h1-5H,(H,16,17);;2*1H2/q;+1;;/p-1. The van der Waals surface area contributed by atoms with Crippen LogP contribution >= 0.6 is 11.6 Å². The summed E-state index contributed by atoms with van der Waals surface area (Å²) in [5, 5.41) is 8.99. The van der Waals surface area contributed by atoms with Crippen molar-refractivity contribution < 1.29 is 44.1 Å². The molecule has 0 saturated carbocycles. The fraction of sp³-hybridized carbons (Fsp3) is 0. The Morgan fingerprint density at radius 3 is 2.40 bits per heavy atom. The zero-order valence-electron chi connectivity index (χ0n) is 10.3. The SMILES string of the molecule is O.O=C(O)c1cc(-c2cc(F)cc(Cl)c2)ncn1.[Li+].[OH-]. The predicted octanol–water partition coefficient (Wildman–Crippen LogP) is -1.36. The maximum absolute atomic E-state index is 13.1. The third-order valence-corrected chi connectivity index (χ3v) is 2.26. The van der Waals surface area contributed by atoms with E-state index in [1.54, 1.807) is 0 Å². The molecule has 6 nitrogen and oxygen atoms in total. The molecule has 0 unspecified atom stereocenters. The van der Waals surface area contributed by atoms with Crippen molar-refractivity contribution >= 4 is 17.6 Å². The number of rotatable bonds is 2. The van der Waals surface area contributed by atoms with Crippen molar-refractivity contribution in [3.8, 4) is 11.3 Å². The van der Waals surface area contributed by atoms with Gasteiger partial charge in [0.05, 0.1) is 5.69 Å². The van der Waals surface area contributed by atoms with Crippen molar-refractivity contribution in [3.05, 3.63) is 47.1 Å². The van der Waals surface area contributed by atoms with Crippen LogP contribution in [0.4, 0.5) is 4.39 Å². The summed E-state index contributed by atoms with van der Waals surface area (Å²) in [5.41, 5.74) is 0.550. The number of hydrogen-bond donors (Lipinski definition) is 1. The molecule has 20 heavy (non-hydrogen) atoms. The van der Waals surface area contributed by atoms with E-state index < -0.39 is 11.8 Å². The molecule has 0 amide bonds. The van der Waals surface area contributed by atoms with E-state index in [2.05, 4.69) is 9.97 Å². The van der Waals surface area contributed by atoms with Gasteiger partial charge in [-0.1, -0.05) is 11.6 Å². The number of hydrogen-bond acceptors (Lipinski definition) is 4. The van der Waals surface area contributed by atoms with Gasteiger partial charge in [0.25, 0.3) is 0 Å². The number of aromatic carboxylic acids is 1. The summed E-state index contributed by atoms with van der Waals surface area (Å²) in [7, 11) is 0. The molecule has 9 heteroatoms. The molecule has 0 aliphatic heterocycles. The molecule has 4 N–H and O–H groups in total. The van der Waals surface area contributed by atoms with Crippen LogP contribution in [0.2, 0.25) is 5.02 Å². The maximum Gasteiger partial charge on any atom is 1.00 e. The van der Waals surface area contributed by atoms with E-state index in [0.29, 0.717) is 11.3 Å². The Morgan fingerprint density at radius 2 is 1.85 bits per heavy atom. The summed E-state index contributed by atoms with van der Waals surface area (Å²) in [6.07, 6.45) is 1.11. The molecule has 0 aliphatic rings. The normalized spacial score (nSPS) is 8.70. The Labute approximate surface area is 130 Å². The van der Waals surface area contributed by atoms with Crippen molar-refractivity contribution in [2.75, 3.05) is 0 Å². The van der Waals surface area contributed by atoms with E-state index in [1.165, 1.54) is 18.2 Å². The molecule has 0 spiro atoms. The number of aromatic nitrogens is 2. The fourth-order valence-electron chi connectivity index (χ4n) is 1.33. The molecule has 2 rings (SSSR count). The van der Waals surface area contributed by atoms with Gasteiger partial charge in [0, 0.05) is 10.6 Å². The van der Waals surface area contributed by atoms with Gasteiger partial charge in [0.2, 0.25) is 0 Å². The summed E-state index contributed by atoms with van der Waals surface area (Å²) in [6.45, 7) is 0. The maximum atomic E-state index is 13.1. The van der Waals surface area contributed by atoms with Crippen LogP contribution in [0.15, 0.2) is 30.6 Å². The number of carbonyl (C=O) groups is 1. The Balaban J connectivity index is 0. The fourth-order valence-corrected chi connectivity index (χ4v) is 1.56. The topological polar surface area (TPSA) is 125 Å². The van der Waals surface area contributed by atoms with Gasteiger partial charge in [-0.25, -0.2) is 19.2 Å². The first-order valence-electron chi connectivity index (χ1n) is 4.58. The first-order valence-corrected chi connectivity index (χ1v) is 4.96. The summed E-state index contributed by atoms with van der Waals surface area (Å²) < 4.78 is 13.1. The van der Waals surface area contributed by atoms with Crippen molar-refractivity contribution in [1.29, 1.82) is 0 Å². The van der Waals surface area contributed by atoms with E-state index in [0.717, 1.165) is 12.4 Å². The van der Waals surface area contributed by atoms with Crippen LogP contribution in [0.5, 0.6) is 0 Å². The van der Waals surface area contributed by atoms with Crippen LogP contribution in [0.3, 0.4) is 0 Å². The van der Waals surface area contributed by atoms with Crippen molar-refractivity contribution in [2.24, 2.45) is 0 Å². The van der Waals surface area contributed by atoms with Gasteiger partial charge >= 0.3 is 24.8 Å². The molecule has 0 saturated heterocycles. The van der Waals surface area contributed by atoms with Gasteiger partial charge in [-0.3, -0.25) is 0 Å². The van der Waals surface area contributed by atoms with Gasteiger partial charge in [-0.05, 0) is 24.3 Å². The molecular weight excluding hydrogens is 286 g/mol. The average Bonchev–Trinajstić information content (AvgIpc) is 2.28. The van der Waals surface area contributed by atoms with Crippen molar-refractivity contribution in [3.63, 3.8) is 0 Å². The van der Waals surface area contributed by atoms with Crippen LogP contribution in [0.1, 0.15) is 10.5 Å². The van der Waals surface area contributed by atoms with E-state index in [-0.39, 0.29) is 40.5 Å². The van der Waals surface area contributed by atoms with Crippen LogP contribution in [-0.2, 0) is 0 Å². The summed E-state index contributed by atoms with van der Waals surface area (Å²) in [4.78, 5) is 18.2. The number of nitrogens with zero attached hydrogens (tertiary/aromatic N) is 2. The second-order valence-electron chi connectivity index (χ2n) is 3.25. The van der Waals surface area contributed by atoms with Crippen molar-refractivity contribution in [1.82, 2.24) is 9.97 Å². The average molecular weight is 295 g/mol. The predicted molar refractivity (Wildman–Crippen MR) is 64.9 cm³/mol. The minimum absolute atomic E-state index is 0. The molecule has 2 aromatic rings. The van der Waals surface area contributed by atoms with E-state index >= 15 is 0 Å². The van der Waals surface area contributed by atoms with E-state index in [9.17, 15) is 9.18 Å². The molecule has 1 aromatic carbocycles. The van der Waals surface area contributed by atoms with Gasteiger partial charge < -0.3 is 16.1 Å². The summed E-state index contributed by atoms with van der Waals surface area (Å²) in [5.74, 6) is -1.68. The molecule has 0 atom stereocenters. The largest absolute Gasteiger partial charge is 1.00 e. The minimum Gasteiger partial charge on any atom is -0.870 e. The van der Waals surface area contributed by atoms with Gasteiger partial charge in [0.15, 0.2) is 5.69 Å². The molecule has 0 radical (unpaired) electrons. The first kappa shape index (κ1) is 20.8. The quantitative estimate of drug-likeness (QED) is 0.685. The molecule has 102 valence electrons. The monoisotopic (exact) mass is 294 g/mol. The van der Waals surface area contributed by atoms with E-state index in [1.807, 2.05) is 0 Å². The smallest absolute Gasteiger partial charge is 0.870 e. The zero-order valence-corrected chi connectivity index (χ0v) is 11.1. The number of benzene rings is 1. The molecule has 1 heterocycles. The second kappa shape index (κ2) is 8.63. The first-order chi connectivity index (χ1) is 8.06. The van der Waals surface area contributed by atoms with E-state index in [4.69, 9.17) is 16.7 Å². The Morgan fingerprint density at radius 1 is 1.20 bits per heavy atom. The Kier molecular flexibility index (Phi) is 8.99. The molecule has 0 fully saturated rings. The van der Waals surface area contributed by atoms with Gasteiger partial charge in [-0.15, -0.1) is 0 Å². The Bertz CT molecular complexity index is 580. The number of carboxylic acids is 1. The van der Waals surface area contributed by atoms with Crippen LogP contribution in [0, 0.1) is 5.82 Å². The second-order valence-corrected chi connectivity index (χ2v) is 3.69.